The van der Waals surface area contributed by atoms with Crippen LogP contribution in [0.1, 0.15) is 13.8 Å². The van der Waals surface area contributed by atoms with Crippen molar-refractivity contribution in [1.82, 2.24) is 15.0 Å². The Balaban J connectivity index is 1.69. The lowest BCUT2D eigenvalue weighted by Crippen LogP contribution is -2.26. The fourth-order valence-corrected chi connectivity index (χ4v) is 2.42. The van der Waals surface area contributed by atoms with Gasteiger partial charge in [-0.15, -0.1) is 5.06 Å². The molecule has 1 heterocycles. The van der Waals surface area contributed by atoms with Crippen molar-refractivity contribution in [2.75, 3.05) is 25.9 Å². The van der Waals surface area contributed by atoms with E-state index in [2.05, 4.69) is 9.97 Å². The molecule has 2 N–H and O–H groups in total. The van der Waals surface area contributed by atoms with Crippen molar-refractivity contribution in [1.29, 1.82) is 0 Å². The first-order chi connectivity index (χ1) is 14.1. The number of hydrogen-bond donors (Lipinski definition) is 1. The number of benzene rings is 2. The number of nitrogens with zero attached hydrogens (tertiary/aromatic N) is 3. The number of nitrogen functional groups attached to an aromatic ring is 1. The van der Waals surface area contributed by atoms with Crippen molar-refractivity contribution in [3.8, 4) is 34.9 Å². The second-order valence-electron chi connectivity index (χ2n) is 5.97. The monoisotopic (exact) mass is 396 g/mol. The Morgan fingerprint density at radius 1 is 0.828 bits per heavy atom. The number of anilines is 1. The second-order valence-corrected chi connectivity index (χ2v) is 5.97. The van der Waals surface area contributed by atoms with E-state index in [0.29, 0.717) is 17.2 Å². The summed E-state index contributed by atoms with van der Waals surface area (Å²) in [5.74, 6) is 2.80. The fourth-order valence-electron chi connectivity index (χ4n) is 2.42. The van der Waals surface area contributed by atoms with Gasteiger partial charge in [-0.05, 0) is 62.4 Å². The highest BCUT2D eigenvalue weighted by Crippen LogP contribution is 2.29. The minimum atomic E-state index is 0.125. The number of ether oxygens (including phenoxy) is 3. The molecule has 152 valence electrons. The molecule has 0 unspecified atom stereocenters. The van der Waals surface area contributed by atoms with E-state index in [1.165, 1.54) is 6.20 Å². The van der Waals surface area contributed by atoms with E-state index in [0.717, 1.165) is 24.6 Å². The number of hydroxylamine groups is 2. The topological polar surface area (TPSA) is 92.0 Å². The molecule has 8 nitrogen and oxygen atoms in total. The summed E-state index contributed by atoms with van der Waals surface area (Å²) < 4.78 is 16.6. The van der Waals surface area contributed by atoms with Gasteiger partial charge in [0.05, 0.1) is 13.3 Å². The molecule has 2 aromatic carbocycles. The lowest BCUT2D eigenvalue weighted by molar-refractivity contribution is -0.0487. The molecule has 0 saturated carbocycles. The summed E-state index contributed by atoms with van der Waals surface area (Å²) in [6.45, 7) is 5.66. The Labute approximate surface area is 169 Å². The van der Waals surface area contributed by atoms with Crippen LogP contribution in [0.25, 0.3) is 0 Å². The summed E-state index contributed by atoms with van der Waals surface area (Å²) in [6, 6.07) is 14.4. The minimum absolute atomic E-state index is 0.125. The molecule has 0 saturated heterocycles. The summed E-state index contributed by atoms with van der Waals surface area (Å²) in [5, 5.41) is 1.85. The summed E-state index contributed by atoms with van der Waals surface area (Å²) >= 11 is 0. The number of aromatic nitrogens is 2. The summed E-state index contributed by atoms with van der Waals surface area (Å²) in [5.41, 5.74) is 6.23. The molecule has 0 fully saturated rings. The molecule has 0 aliphatic heterocycles. The third kappa shape index (κ3) is 5.49. The van der Waals surface area contributed by atoms with Crippen LogP contribution in [0.4, 0.5) is 5.69 Å². The molecule has 0 radical (unpaired) electrons. The molecule has 0 atom stereocenters. The van der Waals surface area contributed by atoms with Crippen molar-refractivity contribution < 1.29 is 19.0 Å². The van der Waals surface area contributed by atoms with Crippen LogP contribution < -0.4 is 24.8 Å². The van der Waals surface area contributed by atoms with Crippen molar-refractivity contribution in [2.24, 2.45) is 0 Å². The molecule has 3 rings (SSSR count). The fraction of sp³-hybridized carbons (Fsp3) is 0.238. The van der Waals surface area contributed by atoms with E-state index in [-0.39, 0.29) is 11.9 Å². The standard InChI is InChI=1S/C21H24N4O4/c1-4-25(5-2)29-18-12-10-17(11-13-18)28-21-23-14-19(22)20(24-21)27-16-8-6-15(26-3)7-9-16/h6-14H,4-5,22H2,1-3H3. The molecule has 29 heavy (non-hydrogen) atoms. The number of rotatable bonds is 9. The molecule has 0 bridgehead atoms. The van der Waals surface area contributed by atoms with Crippen LogP contribution in [0.15, 0.2) is 54.7 Å². The van der Waals surface area contributed by atoms with Crippen LogP contribution in [-0.4, -0.2) is 35.2 Å². The normalized spacial score (nSPS) is 10.6. The third-order valence-corrected chi connectivity index (χ3v) is 4.00. The van der Waals surface area contributed by atoms with Crippen molar-refractivity contribution in [3.63, 3.8) is 0 Å². The van der Waals surface area contributed by atoms with Gasteiger partial charge in [0.1, 0.15) is 28.7 Å². The summed E-state index contributed by atoms with van der Waals surface area (Å²) in [6.07, 6.45) is 1.44. The van der Waals surface area contributed by atoms with Gasteiger partial charge in [0.15, 0.2) is 0 Å². The highest BCUT2D eigenvalue weighted by molar-refractivity contribution is 5.49. The van der Waals surface area contributed by atoms with Crippen LogP contribution in [0.5, 0.6) is 34.9 Å². The number of nitrogens with two attached hydrogens (primary N) is 1. The van der Waals surface area contributed by atoms with Gasteiger partial charge < -0.3 is 24.8 Å². The van der Waals surface area contributed by atoms with Crippen LogP contribution in [0.3, 0.4) is 0 Å². The van der Waals surface area contributed by atoms with Gasteiger partial charge in [-0.3, -0.25) is 0 Å². The van der Waals surface area contributed by atoms with E-state index < -0.39 is 0 Å². The molecular formula is C21H24N4O4. The van der Waals surface area contributed by atoms with Gasteiger partial charge in [-0.25, -0.2) is 4.98 Å². The van der Waals surface area contributed by atoms with Crippen LogP contribution >= 0.6 is 0 Å². The maximum absolute atomic E-state index is 5.93. The average molecular weight is 396 g/mol. The highest BCUT2D eigenvalue weighted by Gasteiger charge is 2.10. The van der Waals surface area contributed by atoms with Gasteiger partial charge in [0.2, 0.25) is 5.88 Å². The molecule has 3 aromatic rings. The Bertz CT molecular complexity index is 913. The minimum Gasteiger partial charge on any atom is -0.497 e. The van der Waals surface area contributed by atoms with Gasteiger partial charge in [0.25, 0.3) is 0 Å². The first kappa shape index (κ1) is 20.2. The van der Waals surface area contributed by atoms with Gasteiger partial charge in [-0.2, -0.15) is 4.98 Å². The van der Waals surface area contributed by atoms with E-state index in [1.54, 1.807) is 43.5 Å². The van der Waals surface area contributed by atoms with Gasteiger partial charge in [-0.1, -0.05) is 0 Å². The van der Waals surface area contributed by atoms with Crippen LogP contribution in [0, 0.1) is 0 Å². The number of methoxy groups -OCH3 is 1. The van der Waals surface area contributed by atoms with Gasteiger partial charge >= 0.3 is 6.01 Å². The SMILES string of the molecule is CCN(CC)Oc1ccc(Oc2ncc(N)c(Oc3ccc(OC)cc3)n2)cc1. The zero-order valence-corrected chi connectivity index (χ0v) is 16.7. The molecule has 0 spiro atoms. The van der Waals surface area contributed by atoms with Crippen LogP contribution in [-0.2, 0) is 0 Å². The first-order valence-electron chi connectivity index (χ1n) is 9.26. The summed E-state index contributed by atoms with van der Waals surface area (Å²) in [7, 11) is 1.60. The predicted octanol–water partition coefficient (Wildman–Crippen LogP) is 4.29. The zero-order valence-electron chi connectivity index (χ0n) is 16.7. The molecule has 0 aliphatic carbocycles. The van der Waals surface area contributed by atoms with E-state index >= 15 is 0 Å². The Morgan fingerprint density at radius 2 is 1.38 bits per heavy atom. The lowest BCUT2D eigenvalue weighted by atomic mass is 10.3. The third-order valence-electron chi connectivity index (χ3n) is 4.00. The highest BCUT2D eigenvalue weighted by atomic mass is 16.7. The quantitative estimate of drug-likeness (QED) is 0.536. The average Bonchev–Trinajstić information content (AvgIpc) is 2.76. The molecular weight excluding hydrogens is 372 g/mol. The maximum atomic E-state index is 5.93. The molecule has 8 heteroatoms. The predicted molar refractivity (Wildman–Crippen MR) is 110 cm³/mol. The van der Waals surface area contributed by atoms with E-state index in [9.17, 15) is 0 Å². The summed E-state index contributed by atoms with van der Waals surface area (Å²) in [4.78, 5) is 14.1. The van der Waals surface area contributed by atoms with E-state index in [4.69, 9.17) is 24.8 Å². The molecule has 1 aromatic heterocycles. The Kier molecular flexibility index (Phi) is 6.70. The van der Waals surface area contributed by atoms with Crippen molar-refractivity contribution >= 4 is 5.69 Å². The number of hydrogen-bond acceptors (Lipinski definition) is 8. The maximum Gasteiger partial charge on any atom is 0.325 e. The van der Waals surface area contributed by atoms with Crippen molar-refractivity contribution in [3.05, 3.63) is 54.7 Å². The Hall–Kier alpha value is -3.52. The Morgan fingerprint density at radius 3 is 1.97 bits per heavy atom. The van der Waals surface area contributed by atoms with Crippen molar-refractivity contribution in [2.45, 2.75) is 13.8 Å². The lowest BCUT2D eigenvalue weighted by Gasteiger charge is -2.18. The van der Waals surface area contributed by atoms with Gasteiger partial charge in [0, 0.05) is 13.1 Å². The van der Waals surface area contributed by atoms with Crippen LogP contribution in [0.2, 0.25) is 0 Å². The largest absolute Gasteiger partial charge is 0.497 e. The second kappa shape index (κ2) is 9.61. The molecule has 0 aliphatic rings. The smallest absolute Gasteiger partial charge is 0.325 e. The van der Waals surface area contributed by atoms with E-state index in [1.807, 2.05) is 31.0 Å². The zero-order chi connectivity index (χ0) is 20.6. The first-order valence-corrected chi connectivity index (χ1v) is 9.26. The molecule has 0 amide bonds.